The summed E-state index contributed by atoms with van der Waals surface area (Å²) in [5.41, 5.74) is 4.31. The SMILES string of the molecule is Cc1ccc(C)c(CC(O)c2cccc(Br)c2Cl)c1. The second-order valence-corrected chi connectivity index (χ2v) is 6.03. The number of rotatable bonds is 3. The molecule has 1 N–H and O–H groups in total. The van der Waals surface area contributed by atoms with E-state index in [0.717, 1.165) is 15.6 Å². The number of aliphatic hydroxyl groups excluding tert-OH is 1. The number of hydrogen-bond donors (Lipinski definition) is 1. The molecular weight excluding hydrogens is 324 g/mol. The third-order valence-electron chi connectivity index (χ3n) is 3.26. The van der Waals surface area contributed by atoms with Gasteiger partial charge in [-0.1, -0.05) is 47.5 Å². The van der Waals surface area contributed by atoms with Crippen molar-refractivity contribution in [2.24, 2.45) is 0 Å². The lowest BCUT2D eigenvalue weighted by Gasteiger charge is -2.15. The molecule has 3 heteroatoms. The Bertz CT molecular complexity index is 595. The van der Waals surface area contributed by atoms with E-state index in [9.17, 15) is 5.11 Å². The van der Waals surface area contributed by atoms with Gasteiger partial charge in [-0.2, -0.15) is 0 Å². The van der Waals surface area contributed by atoms with Gasteiger partial charge in [-0.3, -0.25) is 0 Å². The molecule has 1 atom stereocenters. The molecule has 0 saturated heterocycles. The van der Waals surface area contributed by atoms with Crippen molar-refractivity contribution in [1.29, 1.82) is 0 Å². The van der Waals surface area contributed by atoms with Gasteiger partial charge >= 0.3 is 0 Å². The predicted octanol–water partition coefficient (Wildman–Crippen LogP) is 5.00. The lowest BCUT2D eigenvalue weighted by atomic mass is 9.97. The highest BCUT2D eigenvalue weighted by molar-refractivity contribution is 9.10. The zero-order valence-electron chi connectivity index (χ0n) is 11.0. The quantitative estimate of drug-likeness (QED) is 0.834. The fourth-order valence-electron chi connectivity index (χ4n) is 2.12. The Balaban J connectivity index is 2.28. The maximum atomic E-state index is 10.4. The first-order valence-corrected chi connectivity index (χ1v) is 7.34. The molecule has 0 aromatic heterocycles. The van der Waals surface area contributed by atoms with Gasteiger partial charge in [0.15, 0.2) is 0 Å². The van der Waals surface area contributed by atoms with E-state index >= 15 is 0 Å². The van der Waals surface area contributed by atoms with E-state index in [1.54, 1.807) is 0 Å². The molecule has 0 spiro atoms. The second-order valence-electron chi connectivity index (χ2n) is 4.79. The number of aliphatic hydroxyl groups is 1. The molecule has 0 aliphatic heterocycles. The second kappa shape index (κ2) is 6.08. The van der Waals surface area contributed by atoms with Crippen LogP contribution >= 0.6 is 27.5 Å². The first-order valence-electron chi connectivity index (χ1n) is 6.17. The number of hydrogen-bond acceptors (Lipinski definition) is 1. The van der Waals surface area contributed by atoms with Crippen molar-refractivity contribution < 1.29 is 5.11 Å². The molecular formula is C16H16BrClO. The van der Waals surface area contributed by atoms with E-state index in [1.165, 1.54) is 11.1 Å². The van der Waals surface area contributed by atoms with Crippen LogP contribution in [0.25, 0.3) is 0 Å². The Labute approximate surface area is 127 Å². The van der Waals surface area contributed by atoms with Crippen LogP contribution in [-0.2, 0) is 6.42 Å². The van der Waals surface area contributed by atoms with Crippen molar-refractivity contribution in [3.05, 3.63) is 68.1 Å². The maximum absolute atomic E-state index is 10.4. The molecule has 0 amide bonds. The third kappa shape index (κ3) is 3.38. The van der Waals surface area contributed by atoms with Gasteiger partial charge in [-0.15, -0.1) is 0 Å². The molecule has 2 rings (SSSR count). The van der Waals surface area contributed by atoms with Gasteiger partial charge < -0.3 is 5.11 Å². The molecule has 0 fully saturated rings. The van der Waals surface area contributed by atoms with Crippen LogP contribution in [0.2, 0.25) is 5.02 Å². The fraction of sp³-hybridized carbons (Fsp3) is 0.250. The van der Waals surface area contributed by atoms with Crippen LogP contribution in [0.5, 0.6) is 0 Å². The van der Waals surface area contributed by atoms with Crippen LogP contribution in [0.4, 0.5) is 0 Å². The summed E-state index contributed by atoms with van der Waals surface area (Å²) in [6, 6.07) is 11.9. The highest BCUT2D eigenvalue weighted by Crippen LogP contribution is 2.32. The molecule has 0 radical (unpaired) electrons. The Morgan fingerprint density at radius 3 is 2.68 bits per heavy atom. The van der Waals surface area contributed by atoms with Crippen molar-refractivity contribution in [3.63, 3.8) is 0 Å². The standard InChI is InChI=1S/C16H16BrClO/c1-10-6-7-11(2)12(8-10)9-15(19)13-4-3-5-14(17)16(13)18/h3-8,15,19H,9H2,1-2H3. The van der Waals surface area contributed by atoms with E-state index in [2.05, 4.69) is 48.0 Å². The van der Waals surface area contributed by atoms with E-state index in [0.29, 0.717) is 11.4 Å². The molecule has 1 nitrogen and oxygen atoms in total. The average Bonchev–Trinajstić information content (AvgIpc) is 2.37. The van der Waals surface area contributed by atoms with Crippen molar-refractivity contribution in [1.82, 2.24) is 0 Å². The third-order valence-corrected chi connectivity index (χ3v) is 4.57. The molecule has 0 bridgehead atoms. The first-order chi connectivity index (χ1) is 8.99. The Morgan fingerprint density at radius 1 is 1.21 bits per heavy atom. The molecule has 1 unspecified atom stereocenters. The largest absolute Gasteiger partial charge is 0.388 e. The molecule has 0 heterocycles. The summed E-state index contributed by atoms with van der Waals surface area (Å²) in [6.45, 7) is 4.12. The summed E-state index contributed by atoms with van der Waals surface area (Å²) < 4.78 is 0.812. The maximum Gasteiger partial charge on any atom is 0.0845 e. The minimum Gasteiger partial charge on any atom is -0.388 e. The minimum absolute atomic E-state index is 0.573. The van der Waals surface area contributed by atoms with Crippen molar-refractivity contribution in [2.75, 3.05) is 0 Å². The van der Waals surface area contributed by atoms with Crippen LogP contribution in [0.3, 0.4) is 0 Å². The van der Waals surface area contributed by atoms with Gasteiger partial charge in [0.1, 0.15) is 0 Å². The van der Waals surface area contributed by atoms with Crippen molar-refractivity contribution in [2.45, 2.75) is 26.4 Å². The molecule has 0 saturated carbocycles. The van der Waals surface area contributed by atoms with Gasteiger partial charge in [-0.05, 0) is 47.0 Å². The Morgan fingerprint density at radius 2 is 1.95 bits per heavy atom. The van der Waals surface area contributed by atoms with E-state index < -0.39 is 6.10 Å². The van der Waals surface area contributed by atoms with Gasteiger partial charge in [0.05, 0.1) is 11.1 Å². The van der Waals surface area contributed by atoms with Gasteiger partial charge in [0.2, 0.25) is 0 Å². The highest BCUT2D eigenvalue weighted by Gasteiger charge is 2.15. The van der Waals surface area contributed by atoms with Crippen LogP contribution in [0, 0.1) is 13.8 Å². The Kier molecular flexibility index (Phi) is 4.67. The molecule has 0 aliphatic carbocycles. The van der Waals surface area contributed by atoms with Gasteiger partial charge in [0, 0.05) is 16.5 Å². The normalized spacial score (nSPS) is 12.5. The first kappa shape index (κ1) is 14.6. The fourth-order valence-corrected chi connectivity index (χ4v) is 2.75. The minimum atomic E-state index is -0.592. The van der Waals surface area contributed by atoms with Gasteiger partial charge in [-0.25, -0.2) is 0 Å². The smallest absolute Gasteiger partial charge is 0.0845 e. The lowest BCUT2D eigenvalue weighted by Crippen LogP contribution is -2.04. The average molecular weight is 340 g/mol. The number of benzene rings is 2. The van der Waals surface area contributed by atoms with Crippen molar-refractivity contribution in [3.8, 4) is 0 Å². The van der Waals surface area contributed by atoms with E-state index in [-0.39, 0.29) is 0 Å². The molecule has 2 aromatic rings. The molecule has 19 heavy (non-hydrogen) atoms. The Hall–Kier alpha value is -0.830. The molecule has 100 valence electrons. The van der Waals surface area contributed by atoms with Crippen LogP contribution in [0.15, 0.2) is 40.9 Å². The number of aryl methyl sites for hydroxylation is 2. The van der Waals surface area contributed by atoms with Crippen LogP contribution in [-0.4, -0.2) is 5.11 Å². The summed E-state index contributed by atoms with van der Waals surface area (Å²) in [5.74, 6) is 0. The van der Waals surface area contributed by atoms with Crippen molar-refractivity contribution >= 4 is 27.5 Å². The van der Waals surface area contributed by atoms with Gasteiger partial charge in [0.25, 0.3) is 0 Å². The predicted molar refractivity (Wildman–Crippen MR) is 83.7 cm³/mol. The van der Waals surface area contributed by atoms with Crippen LogP contribution < -0.4 is 0 Å². The summed E-state index contributed by atoms with van der Waals surface area (Å²) in [7, 11) is 0. The topological polar surface area (TPSA) is 20.2 Å². The van der Waals surface area contributed by atoms with Crippen LogP contribution in [0.1, 0.15) is 28.4 Å². The summed E-state index contributed by atoms with van der Waals surface area (Å²) in [6.07, 6.45) is -0.0190. The lowest BCUT2D eigenvalue weighted by molar-refractivity contribution is 0.178. The molecule has 0 aliphatic rings. The summed E-state index contributed by atoms with van der Waals surface area (Å²) in [4.78, 5) is 0. The zero-order chi connectivity index (χ0) is 14.0. The monoisotopic (exact) mass is 338 g/mol. The van der Waals surface area contributed by atoms with E-state index in [4.69, 9.17) is 11.6 Å². The summed E-state index contributed by atoms with van der Waals surface area (Å²) >= 11 is 9.60. The van der Waals surface area contributed by atoms with E-state index in [1.807, 2.05) is 18.2 Å². The molecule has 2 aromatic carbocycles. The summed E-state index contributed by atoms with van der Waals surface area (Å²) in [5, 5.41) is 11.0. The number of halogens is 2. The highest BCUT2D eigenvalue weighted by atomic mass is 79.9. The zero-order valence-corrected chi connectivity index (χ0v) is 13.3.